The molecule has 0 bridgehead atoms. The third-order valence-electron chi connectivity index (χ3n) is 2.14. The van der Waals surface area contributed by atoms with Gasteiger partial charge in [0.1, 0.15) is 21.8 Å². The van der Waals surface area contributed by atoms with Crippen LogP contribution >= 0.6 is 11.6 Å². The van der Waals surface area contributed by atoms with Crippen LogP contribution in [0.3, 0.4) is 0 Å². The molecule has 0 aliphatic heterocycles. The number of aromatic nitrogens is 2. The fourth-order valence-corrected chi connectivity index (χ4v) is 2.45. The van der Waals surface area contributed by atoms with Crippen LogP contribution in [0.2, 0.25) is 5.15 Å². The summed E-state index contributed by atoms with van der Waals surface area (Å²) in [5.74, 6) is 0. The first-order valence-electron chi connectivity index (χ1n) is 5.02. The number of nitriles is 1. The molecule has 96 valence electrons. The monoisotopic (exact) mass is 294 g/mol. The van der Waals surface area contributed by atoms with E-state index in [1.807, 2.05) is 6.07 Å². The van der Waals surface area contributed by atoms with Crippen molar-refractivity contribution in [3.8, 4) is 6.07 Å². The van der Waals surface area contributed by atoms with E-state index in [0.717, 1.165) is 6.20 Å². The Morgan fingerprint density at radius 1 is 1.26 bits per heavy atom. The molecule has 6 nitrogen and oxygen atoms in total. The van der Waals surface area contributed by atoms with Crippen LogP contribution < -0.4 is 4.72 Å². The maximum atomic E-state index is 12.0. The highest BCUT2D eigenvalue weighted by Crippen LogP contribution is 2.17. The molecular formula is C11H7ClN4O2S. The van der Waals surface area contributed by atoms with Gasteiger partial charge in [-0.05, 0) is 24.3 Å². The van der Waals surface area contributed by atoms with E-state index in [9.17, 15) is 8.42 Å². The van der Waals surface area contributed by atoms with Crippen LogP contribution in [0.1, 0.15) is 5.69 Å². The lowest BCUT2D eigenvalue weighted by Gasteiger charge is -2.07. The van der Waals surface area contributed by atoms with Crippen LogP contribution in [-0.2, 0) is 10.0 Å². The van der Waals surface area contributed by atoms with E-state index >= 15 is 0 Å². The number of pyridine rings is 2. The summed E-state index contributed by atoms with van der Waals surface area (Å²) in [6.07, 6.45) is 2.50. The molecule has 0 amide bonds. The van der Waals surface area contributed by atoms with Gasteiger partial charge in [0.05, 0.1) is 5.69 Å². The van der Waals surface area contributed by atoms with Gasteiger partial charge in [0.2, 0.25) is 0 Å². The molecule has 1 N–H and O–H groups in total. The molecular weight excluding hydrogens is 288 g/mol. The zero-order valence-corrected chi connectivity index (χ0v) is 11.0. The van der Waals surface area contributed by atoms with E-state index < -0.39 is 10.0 Å². The SMILES string of the molecule is N#Cc1ccc(S(=O)(=O)Nc2ccnc(Cl)c2)cn1. The van der Waals surface area contributed by atoms with Crippen molar-refractivity contribution in [2.45, 2.75) is 4.90 Å². The van der Waals surface area contributed by atoms with Gasteiger partial charge >= 0.3 is 0 Å². The minimum Gasteiger partial charge on any atom is -0.279 e. The minimum atomic E-state index is -3.76. The van der Waals surface area contributed by atoms with Crippen LogP contribution in [0.25, 0.3) is 0 Å². The van der Waals surface area contributed by atoms with Crippen molar-refractivity contribution in [2.75, 3.05) is 4.72 Å². The Morgan fingerprint density at radius 2 is 2.05 bits per heavy atom. The number of sulfonamides is 1. The third-order valence-corrected chi connectivity index (χ3v) is 3.71. The minimum absolute atomic E-state index is 0.0422. The largest absolute Gasteiger partial charge is 0.279 e. The predicted molar refractivity (Wildman–Crippen MR) is 69.0 cm³/mol. The molecule has 2 heterocycles. The highest BCUT2D eigenvalue weighted by Gasteiger charge is 2.14. The second-order valence-corrected chi connectivity index (χ2v) is 5.53. The number of halogens is 1. The predicted octanol–water partition coefficient (Wildman–Crippen LogP) is 1.80. The van der Waals surface area contributed by atoms with Crippen molar-refractivity contribution in [1.82, 2.24) is 9.97 Å². The topological polar surface area (TPSA) is 95.7 Å². The lowest BCUT2D eigenvalue weighted by atomic mass is 10.4. The summed E-state index contributed by atoms with van der Waals surface area (Å²) < 4.78 is 26.4. The lowest BCUT2D eigenvalue weighted by molar-refractivity contribution is 0.601. The number of rotatable bonds is 3. The molecule has 0 aliphatic carbocycles. The van der Waals surface area contributed by atoms with E-state index in [1.54, 1.807) is 0 Å². The highest BCUT2D eigenvalue weighted by molar-refractivity contribution is 7.92. The summed E-state index contributed by atoms with van der Waals surface area (Å²) >= 11 is 5.66. The summed E-state index contributed by atoms with van der Waals surface area (Å²) in [6.45, 7) is 0. The van der Waals surface area contributed by atoms with E-state index in [1.165, 1.54) is 30.5 Å². The average molecular weight is 295 g/mol. The zero-order chi connectivity index (χ0) is 13.9. The molecule has 0 unspecified atom stereocenters. The first-order valence-corrected chi connectivity index (χ1v) is 6.88. The second kappa shape index (κ2) is 5.22. The Balaban J connectivity index is 2.30. The Labute approximate surface area is 114 Å². The van der Waals surface area contributed by atoms with Crippen LogP contribution in [-0.4, -0.2) is 18.4 Å². The molecule has 0 saturated heterocycles. The molecule has 0 aliphatic rings. The van der Waals surface area contributed by atoms with Crippen molar-refractivity contribution in [3.63, 3.8) is 0 Å². The molecule has 19 heavy (non-hydrogen) atoms. The Morgan fingerprint density at radius 3 is 2.63 bits per heavy atom. The van der Waals surface area contributed by atoms with Crippen LogP contribution in [0.5, 0.6) is 0 Å². The van der Waals surface area contributed by atoms with Gasteiger partial charge in [-0.25, -0.2) is 18.4 Å². The Bertz CT molecular complexity index is 738. The van der Waals surface area contributed by atoms with Crippen LogP contribution in [0.4, 0.5) is 5.69 Å². The standard InChI is InChI=1S/C11H7ClN4O2S/c12-11-5-8(3-4-14-11)16-19(17,18)10-2-1-9(6-13)15-7-10/h1-5,7H,(H,14,16). The van der Waals surface area contributed by atoms with Gasteiger partial charge in [0, 0.05) is 12.4 Å². The third kappa shape index (κ3) is 3.19. The van der Waals surface area contributed by atoms with Gasteiger partial charge in [-0.2, -0.15) is 5.26 Å². The molecule has 0 aromatic carbocycles. The maximum Gasteiger partial charge on any atom is 0.263 e. The Kier molecular flexibility index (Phi) is 3.64. The molecule has 2 rings (SSSR count). The number of hydrogen-bond donors (Lipinski definition) is 1. The van der Waals surface area contributed by atoms with E-state index in [4.69, 9.17) is 16.9 Å². The fourth-order valence-electron chi connectivity index (χ4n) is 1.29. The van der Waals surface area contributed by atoms with Gasteiger partial charge in [0.15, 0.2) is 0 Å². The average Bonchev–Trinajstić information content (AvgIpc) is 2.38. The summed E-state index contributed by atoms with van der Waals surface area (Å²) in [7, 11) is -3.76. The fraction of sp³-hybridized carbons (Fsp3) is 0. The molecule has 2 aromatic heterocycles. The second-order valence-electron chi connectivity index (χ2n) is 3.46. The van der Waals surface area contributed by atoms with Crippen LogP contribution in [0, 0.1) is 11.3 Å². The summed E-state index contributed by atoms with van der Waals surface area (Å²) in [5.41, 5.74) is 0.440. The molecule has 0 spiro atoms. The number of nitrogens with zero attached hydrogens (tertiary/aromatic N) is 3. The smallest absolute Gasteiger partial charge is 0.263 e. The van der Waals surface area contributed by atoms with Crippen molar-refractivity contribution < 1.29 is 8.42 Å². The quantitative estimate of drug-likeness (QED) is 0.871. The lowest BCUT2D eigenvalue weighted by Crippen LogP contribution is -2.13. The molecule has 8 heteroatoms. The van der Waals surface area contributed by atoms with Crippen molar-refractivity contribution >= 4 is 27.3 Å². The Hall–Kier alpha value is -2.17. The van der Waals surface area contributed by atoms with Gasteiger partial charge < -0.3 is 0 Å². The molecule has 0 saturated carbocycles. The highest BCUT2D eigenvalue weighted by atomic mass is 35.5. The van der Waals surface area contributed by atoms with Crippen molar-refractivity contribution in [1.29, 1.82) is 5.26 Å². The van der Waals surface area contributed by atoms with E-state index in [0.29, 0.717) is 5.69 Å². The van der Waals surface area contributed by atoms with Gasteiger partial charge in [-0.15, -0.1) is 0 Å². The summed E-state index contributed by atoms with van der Waals surface area (Å²) in [5, 5.41) is 8.78. The summed E-state index contributed by atoms with van der Waals surface area (Å²) in [6, 6.07) is 7.30. The van der Waals surface area contributed by atoms with Gasteiger partial charge in [-0.1, -0.05) is 11.6 Å². The van der Waals surface area contributed by atoms with Gasteiger partial charge in [0.25, 0.3) is 10.0 Å². The van der Waals surface area contributed by atoms with Crippen molar-refractivity contribution in [2.24, 2.45) is 0 Å². The number of hydrogen-bond acceptors (Lipinski definition) is 5. The first kappa shape index (κ1) is 13.3. The zero-order valence-electron chi connectivity index (χ0n) is 9.41. The summed E-state index contributed by atoms with van der Waals surface area (Å²) in [4.78, 5) is 7.41. The maximum absolute atomic E-state index is 12.0. The first-order chi connectivity index (χ1) is 9.01. The molecule has 0 atom stereocenters. The molecule has 0 radical (unpaired) electrons. The molecule has 0 fully saturated rings. The van der Waals surface area contributed by atoms with Crippen molar-refractivity contribution in [3.05, 3.63) is 47.5 Å². The van der Waals surface area contributed by atoms with E-state index in [2.05, 4.69) is 14.7 Å². The number of nitrogens with one attached hydrogen (secondary N) is 1. The van der Waals surface area contributed by atoms with E-state index in [-0.39, 0.29) is 15.7 Å². The van der Waals surface area contributed by atoms with Gasteiger partial charge in [-0.3, -0.25) is 4.72 Å². The van der Waals surface area contributed by atoms with Crippen LogP contribution in [0.15, 0.2) is 41.6 Å². The normalized spacial score (nSPS) is 10.7. The number of anilines is 1. The molecule has 2 aromatic rings.